The molecule has 2 aliphatic heterocycles. The molecule has 2 N–H and O–H groups in total. The summed E-state index contributed by atoms with van der Waals surface area (Å²) in [6.45, 7) is 12.6. The van der Waals surface area contributed by atoms with Gasteiger partial charge in [0.05, 0.1) is 34.0 Å². The Morgan fingerprint density at radius 2 is 1.34 bits per heavy atom. The fraction of sp³-hybridized carbons (Fsp3) is 0.519. The zero-order valence-corrected chi connectivity index (χ0v) is 46.2. The minimum Gasteiger partial charge on any atom is -0.497 e. The van der Waals surface area contributed by atoms with Gasteiger partial charge in [-0.2, -0.15) is 0 Å². The van der Waals surface area contributed by atoms with Crippen LogP contribution in [0.1, 0.15) is 96.7 Å². The number of carbonyl (C=O) groups is 4. The van der Waals surface area contributed by atoms with E-state index in [2.05, 4.69) is 10.3 Å². The molecule has 1 aromatic heterocycles. The van der Waals surface area contributed by atoms with Crippen molar-refractivity contribution >= 4 is 31.6 Å². The molecule has 2 unspecified atom stereocenters. The second kappa shape index (κ2) is 26.9. The first-order valence-corrected chi connectivity index (χ1v) is 26.8. The summed E-state index contributed by atoms with van der Waals surface area (Å²) in [7, 11) is -1.23. The van der Waals surface area contributed by atoms with Crippen LogP contribution in [0, 0.1) is 6.92 Å². The van der Waals surface area contributed by atoms with E-state index in [9.17, 15) is 28.8 Å². The number of carbonyl (C=O) groups excluding carboxylic acids is 4. The van der Waals surface area contributed by atoms with Gasteiger partial charge in [-0.05, 0) is 82.0 Å². The minimum atomic E-state index is -4.39. The first-order valence-electron chi connectivity index (χ1n) is 25.3. The zero-order chi connectivity index (χ0) is 56.2. The van der Waals surface area contributed by atoms with Gasteiger partial charge in [0.1, 0.15) is 54.3 Å². The third-order valence-corrected chi connectivity index (χ3v) is 15.3. The van der Waals surface area contributed by atoms with Crippen LogP contribution in [-0.2, 0) is 71.5 Å². The molecular weight excluding hydrogens is 1020 g/mol. The summed E-state index contributed by atoms with van der Waals surface area (Å²) >= 11 is 0. The van der Waals surface area contributed by atoms with Gasteiger partial charge < -0.3 is 47.9 Å². The molecule has 9 atom stereocenters. The standard InChI is InChI=1S/C54H71N4O18P/c1-32(2)58(33(3)4)77(65,71-27-15-26-68-52-48(55-35(6)59)50(73-38(9)62)49(72-37(8)61)46(75-52)30-69-36(7)60)76-44-28-47(57-29-34(5)51(63)56-53(57)64)74-45(44)31-70-54(39-16-13-12-14-17-39,40-18-22-42(66-10)23-19-40)41-20-24-43(67-11)25-21-41/h12-14,16-25,29,32-33,44-50,52H,15,26-28,30-31H2,1-11H3,(H,55,59)(H,56,63,64)/t44?,45-,46-,47-,48+,49-,50-,52-,77?/m1/s1. The second-order valence-electron chi connectivity index (χ2n) is 19.1. The number of aromatic nitrogens is 2. The summed E-state index contributed by atoms with van der Waals surface area (Å²) in [5.41, 5.74) is -0.151. The number of methoxy groups -OCH3 is 2. The Labute approximate surface area is 447 Å². The van der Waals surface area contributed by atoms with Crippen LogP contribution in [0.15, 0.2) is 94.6 Å². The molecule has 0 spiro atoms. The minimum absolute atomic E-state index is 0.0424. The number of hydrogen-bond acceptors (Lipinski definition) is 18. The lowest BCUT2D eigenvalue weighted by molar-refractivity contribution is -0.278. The average Bonchev–Trinajstić information content (AvgIpc) is 3.80. The Morgan fingerprint density at radius 1 is 0.766 bits per heavy atom. The zero-order valence-electron chi connectivity index (χ0n) is 45.3. The van der Waals surface area contributed by atoms with Crippen molar-refractivity contribution in [3.63, 3.8) is 0 Å². The monoisotopic (exact) mass is 1090 g/mol. The Bertz CT molecular complexity index is 2730. The van der Waals surface area contributed by atoms with Crippen LogP contribution in [0.5, 0.6) is 11.5 Å². The van der Waals surface area contributed by atoms with Gasteiger partial charge in [0.2, 0.25) is 5.91 Å². The number of benzene rings is 3. The van der Waals surface area contributed by atoms with Crippen LogP contribution >= 0.6 is 7.75 Å². The van der Waals surface area contributed by atoms with E-state index in [1.807, 2.05) is 107 Å². The van der Waals surface area contributed by atoms with Crippen LogP contribution < -0.4 is 26.0 Å². The van der Waals surface area contributed by atoms with Crippen molar-refractivity contribution < 1.29 is 75.4 Å². The number of nitrogens with zero attached hydrogens (tertiary/aromatic N) is 2. The van der Waals surface area contributed by atoms with E-state index in [0.29, 0.717) is 11.5 Å². The lowest BCUT2D eigenvalue weighted by Crippen LogP contribution is -2.66. The first kappa shape index (κ1) is 60.0. The molecule has 4 aromatic rings. The van der Waals surface area contributed by atoms with Gasteiger partial charge in [0, 0.05) is 58.0 Å². The molecule has 2 saturated heterocycles. The van der Waals surface area contributed by atoms with Crippen molar-refractivity contribution in [3.8, 4) is 11.5 Å². The Morgan fingerprint density at radius 3 is 1.87 bits per heavy atom. The van der Waals surface area contributed by atoms with E-state index >= 15 is 4.57 Å². The Balaban J connectivity index is 1.33. The summed E-state index contributed by atoms with van der Waals surface area (Å²) < 4.78 is 85.5. The number of rotatable bonds is 25. The summed E-state index contributed by atoms with van der Waals surface area (Å²) in [5.74, 6) is -1.50. The van der Waals surface area contributed by atoms with Gasteiger partial charge in [-0.25, -0.2) is 14.0 Å². The topological polar surface area (TPSA) is 257 Å². The molecule has 0 radical (unpaired) electrons. The third kappa shape index (κ3) is 14.9. The molecular formula is C54H71N4O18P. The van der Waals surface area contributed by atoms with Crippen molar-refractivity contribution in [2.45, 2.75) is 142 Å². The predicted octanol–water partition coefficient (Wildman–Crippen LogP) is 5.85. The van der Waals surface area contributed by atoms with E-state index in [-0.39, 0.29) is 38.2 Å². The SMILES string of the molecule is COc1ccc(C(OC[C@H]2O[C@@H](n3cc(C)c(=O)[nH]c3=O)CC2OP(=O)(OCCCO[C@@H]2O[C@H](COC(C)=O)[C@@H](OC(C)=O)[C@H](OC(C)=O)[C@@H]2NC(C)=O)N(C(C)C)C(C)C)(c2ccccc2)c2ccc(OC)cc2)cc1. The van der Waals surface area contributed by atoms with Crippen LogP contribution in [0.25, 0.3) is 0 Å². The number of aromatic amines is 1. The van der Waals surface area contributed by atoms with E-state index in [1.54, 1.807) is 25.8 Å². The smallest absolute Gasteiger partial charge is 0.409 e. The highest BCUT2D eigenvalue weighted by Gasteiger charge is 2.52. The van der Waals surface area contributed by atoms with Gasteiger partial charge in [-0.1, -0.05) is 54.6 Å². The van der Waals surface area contributed by atoms with Gasteiger partial charge in [0.15, 0.2) is 18.5 Å². The second-order valence-corrected chi connectivity index (χ2v) is 21.0. The van der Waals surface area contributed by atoms with Gasteiger partial charge >= 0.3 is 31.3 Å². The van der Waals surface area contributed by atoms with Gasteiger partial charge in [-0.15, -0.1) is 0 Å². The molecule has 22 nitrogen and oxygen atoms in total. The highest BCUT2D eigenvalue weighted by Crippen LogP contribution is 2.57. The maximum atomic E-state index is 15.8. The number of nitrogens with one attached hydrogen (secondary N) is 2. The molecule has 23 heteroatoms. The predicted molar refractivity (Wildman–Crippen MR) is 278 cm³/mol. The molecule has 420 valence electrons. The molecule has 0 bridgehead atoms. The number of H-pyrrole nitrogens is 1. The number of aryl methyl sites for hydroxylation is 1. The summed E-state index contributed by atoms with van der Waals surface area (Å²) in [6.07, 6.45) is -6.95. The van der Waals surface area contributed by atoms with Crippen molar-refractivity contribution in [1.82, 2.24) is 19.5 Å². The Hall–Kier alpha value is -6.23. The Kier molecular flexibility index (Phi) is 21.0. The molecule has 2 fully saturated rings. The van der Waals surface area contributed by atoms with Crippen LogP contribution in [0.2, 0.25) is 0 Å². The quantitative estimate of drug-likeness (QED) is 0.0259. The lowest BCUT2D eigenvalue weighted by atomic mass is 9.80. The van der Waals surface area contributed by atoms with Crippen molar-refractivity contribution in [2.75, 3.05) is 40.6 Å². The first-order chi connectivity index (χ1) is 36.6. The van der Waals surface area contributed by atoms with Gasteiger partial charge in [-0.3, -0.25) is 42.6 Å². The van der Waals surface area contributed by atoms with Crippen LogP contribution in [0.3, 0.4) is 0 Å². The molecule has 77 heavy (non-hydrogen) atoms. The molecule has 0 saturated carbocycles. The average molecular weight is 1100 g/mol. The van der Waals surface area contributed by atoms with Crippen molar-refractivity contribution in [1.29, 1.82) is 0 Å². The summed E-state index contributed by atoms with van der Waals surface area (Å²) in [5, 5.41) is 2.67. The fourth-order valence-corrected chi connectivity index (χ4v) is 11.9. The summed E-state index contributed by atoms with van der Waals surface area (Å²) in [4.78, 5) is 77.5. The number of amides is 1. The number of hydrogen-bond donors (Lipinski definition) is 2. The maximum absolute atomic E-state index is 15.8. The molecule has 3 aromatic carbocycles. The van der Waals surface area contributed by atoms with Crippen LogP contribution in [0.4, 0.5) is 0 Å². The lowest BCUT2D eigenvalue weighted by Gasteiger charge is -2.45. The van der Waals surface area contributed by atoms with E-state index in [0.717, 1.165) is 30.5 Å². The molecule has 0 aliphatic carbocycles. The number of ether oxygens (including phenoxy) is 9. The van der Waals surface area contributed by atoms with Gasteiger partial charge in [0.25, 0.3) is 5.56 Å². The third-order valence-electron chi connectivity index (χ3n) is 12.8. The van der Waals surface area contributed by atoms with E-state index in [4.69, 9.17) is 51.7 Å². The largest absolute Gasteiger partial charge is 0.497 e. The van der Waals surface area contributed by atoms with E-state index in [1.165, 1.54) is 24.6 Å². The highest BCUT2D eigenvalue weighted by atomic mass is 31.2. The summed E-state index contributed by atoms with van der Waals surface area (Å²) in [6, 6.07) is 22.5. The van der Waals surface area contributed by atoms with E-state index < -0.39 is 116 Å². The highest BCUT2D eigenvalue weighted by molar-refractivity contribution is 7.51. The van der Waals surface area contributed by atoms with Crippen molar-refractivity contribution in [2.24, 2.45) is 0 Å². The molecule has 6 rings (SSSR count). The number of esters is 3. The fourth-order valence-electron chi connectivity index (χ4n) is 9.57. The maximum Gasteiger partial charge on any atom is 0.409 e. The van der Waals surface area contributed by atoms with Crippen molar-refractivity contribution in [3.05, 3.63) is 128 Å². The van der Waals surface area contributed by atoms with Crippen LogP contribution in [-0.4, -0.2) is 134 Å². The molecule has 3 heterocycles. The molecule has 2 aliphatic rings. The molecule has 1 amide bonds. The normalized spacial score (nSPS) is 22.3.